The number of nitrogens with one attached hydrogen (secondary N) is 1. The monoisotopic (exact) mass is 381 g/mol. The van der Waals surface area contributed by atoms with Gasteiger partial charge in [-0.05, 0) is 31.2 Å². The van der Waals surface area contributed by atoms with E-state index in [1.54, 1.807) is 23.9 Å². The molecule has 0 aliphatic rings. The van der Waals surface area contributed by atoms with Crippen LogP contribution in [0.5, 0.6) is 0 Å². The van der Waals surface area contributed by atoms with Crippen LogP contribution in [0.2, 0.25) is 0 Å². The summed E-state index contributed by atoms with van der Waals surface area (Å²) >= 11 is 0. The molecule has 0 saturated heterocycles. The van der Waals surface area contributed by atoms with E-state index in [0.29, 0.717) is 23.4 Å². The summed E-state index contributed by atoms with van der Waals surface area (Å²) in [7, 11) is 1.70. The van der Waals surface area contributed by atoms with Gasteiger partial charge in [-0.3, -0.25) is 4.79 Å². The van der Waals surface area contributed by atoms with Gasteiger partial charge in [0.05, 0.1) is 16.9 Å². The highest BCUT2D eigenvalue weighted by molar-refractivity contribution is 5.95. The third-order valence-electron chi connectivity index (χ3n) is 4.64. The van der Waals surface area contributed by atoms with Crippen molar-refractivity contribution in [1.29, 1.82) is 0 Å². The number of nitrogens with two attached hydrogens (primary N) is 1. The first-order valence-corrected chi connectivity index (χ1v) is 8.98. The predicted octanol–water partition coefficient (Wildman–Crippen LogP) is 2.15. The first kappa shape index (κ1) is 19.2. The zero-order valence-corrected chi connectivity index (χ0v) is 15.8. The topological polar surface area (TPSA) is 113 Å². The number of nitrogens with zero attached hydrogens (tertiary/aromatic N) is 3. The molecule has 0 aliphatic heterocycles. The highest BCUT2D eigenvalue weighted by atomic mass is 16.4. The normalized spacial score (nSPS) is 10.8. The number of likely N-dealkylation sites (N-methyl/N-ethyl adjacent to an activating group) is 1. The van der Waals surface area contributed by atoms with Crippen LogP contribution in [0.15, 0.2) is 47.5 Å². The standard InChI is InChI=1S/C20H23N5O3/c1-3-25(18-6-4-5-7-23-18)9-8-22-16-11-17-13(10-15(16)21)19(26)14(20(27)28)12-24(17)2/h4-7,10-12,22H,3,8-9,21H2,1-2H3,(H,27,28). The highest BCUT2D eigenvalue weighted by Crippen LogP contribution is 2.24. The number of hydrogen-bond donors (Lipinski definition) is 3. The molecule has 0 saturated carbocycles. The van der Waals surface area contributed by atoms with Gasteiger partial charge in [0.2, 0.25) is 5.43 Å². The number of pyridine rings is 2. The second-order valence-corrected chi connectivity index (χ2v) is 6.44. The number of hydrogen-bond acceptors (Lipinski definition) is 6. The molecule has 8 nitrogen and oxygen atoms in total. The number of carbonyl (C=O) groups is 1. The number of aromatic carboxylic acids is 1. The molecule has 0 fully saturated rings. The maximum absolute atomic E-state index is 12.4. The minimum Gasteiger partial charge on any atom is -0.477 e. The molecule has 28 heavy (non-hydrogen) atoms. The number of rotatable bonds is 7. The van der Waals surface area contributed by atoms with Crippen molar-refractivity contribution in [1.82, 2.24) is 9.55 Å². The fourth-order valence-corrected chi connectivity index (χ4v) is 3.15. The first-order valence-electron chi connectivity index (χ1n) is 8.98. The van der Waals surface area contributed by atoms with Gasteiger partial charge in [0.1, 0.15) is 11.4 Å². The van der Waals surface area contributed by atoms with E-state index in [-0.39, 0.29) is 10.9 Å². The van der Waals surface area contributed by atoms with Crippen LogP contribution >= 0.6 is 0 Å². The average molecular weight is 381 g/mol. The Kier molecular flexibility index (Phi) is 5.49. The number of nitrogen functional groups attached to an aromatic ring is 1. The summed E-state index contributed by atoms with van der Waals surface area (Å²) in [5.41, 5.74) is 7.01. The molecule has 0 unspecified atom stereocenters. The molecule has 146 valence electrons. The van der Waals surface area contributed by atoms with E-state index in [0.717, 1.165) is 18.9 Å². The molecule has 0 amide bonds. The Labute approximate surface area is 162 Å². The molecule has 4 N–H and O–H groups in total. The van der Waals surface area contributed by atoms with Crippen LogP contribution in [0.1, 0.15) is 17.3 Å². The van der Waals surface area contributed by atoms with Crippen molar-refractivity contribution in [2.75, 3.05) is 35.6 Å². The molecule has 1 aromatic carbocycles. The van der Waals surface area contributed by atoms with E-state index >= 15 is 0 Å². The molecule has 8 heteroatoms. The van der Waals surface area contributed by atoms with Gasteiger partial charge < -0.3 is 25.6 Å². The molecule has 0 spiro atoms. The van der Waals surface area contributed by atoms with Crippen LogP contribution in [-0.4, -0.2) is 40.3 Å². The summed E-state index contributed by atoms with van der Waals surface area (Å²) in [5, 5.41) is 12.8. The van der Waals surface area contributed by atoms with E-state index in [1.165, 1.54) is 12.3 Å². The highest BCUT2D eigenvalue weighted by Gasteiger charge is 2.15. The van der Waals surface area contributed by atoms with Crippen LogP contribution < -0.4 is 21.4 Å². The van der Waals surface area contributed by atoms with Crippen molar-refractivity contribution in [3.8, 4) is 0 Å². The number of carboxylic acid groups (broad SMARTS) is 1. The Balaban J connectivity index is 1.83. The van der Waals surface area contributed by atoms with Crippen LogP contribution in [0.4, 0.5) is 17.2 Å². The van der Waals surface area contributed by atoms with Gasteiger partial charge in [0.15, 0.2) is 0 Å². The van der Waals surface area contributed by atoms with E-state index in [9.17, 15) is 14.7 Å². The quantitative estimate of drug-likeness (QED) is 0.537. The van der Waals surface area contributed by atoms with Crippen LogP contribution in [0.3, 0.4) is 0 Å². The van der Waals surface area contributed by atoms with Gasteiger partial charge in [0, 0.05) is 44.5 Å². The molecule has 0 bridgehead atoms. The summed E-state index contributed by atoms with van der Waals surface area (Å²) < 4.78 is 1.62. The number of aromatic nitrogens is 2. The van der Waals surface area contributed by atoms with Crippen LogP contribution in [0, 0.1) is 0 Å². The summed E-state index contributed by atoms with van der Waals surface area (Å²) in [6.45, 7) is 4.23. The Bertz CT molecular complexity index is 1060. The third-order valence-corrected chi connectivity index (χ3v) is 4.64. The lowest BCUT2D eigenvalue weighted by atomic mass is 10.1. The maximum Gasteiger partial charge on any atom is 0.341 e. The molecular weight excluding hydrogens is 358 g/mol. The van der Waals surface area contributed by atoms with Crippen molar-refractivity contribution in [2.24, 2.45) is 7.05 Å². The van der Waals surface area contributed by atoms with Gasteiger partial charge in [-0.25, -0.2) is 9.78 Å². The number of anilines is 3. The van der Waals surface area contributed by atoms with Crippen molar-refractivity contribution >= 4 is 34.1 Å². The number of benzene rings is 1. The molecule has 3 rings (SSSR count). The molecule has 0 aliphatic carbocycles. The predicted molar refractivity (Wildman–Crippen MR) is 111 cm³/mol. The number of aryl methyl sites for hydroxylation is 1. The second-order valence-electron chi connectivity index (χ2n) is 6.44. The van der Waals surface area contributed by atoms with Gasteiger partial charge in [-0.15, -0.1) is 0 Å². The van der Waals surface area contributed by atoms with Gasteiger partial charge >= 0.3 is 5.97 Å². The first-order chi connectivity index (χ1) is 13.4. The van der Waals surface area contributed by atoms with Gasteiger partial charge in [-0.2, -0.15) is 0 Å². The van der Waals surface area contributed by atoms with Crippen LogP contribution in [-0.2, 0) is 7.05 Å². The third kappa shape index (κ3) is 3.75. The minimum absolute atomic E-state index is 0.274. The minimum atomic E-state index is -1.25. The lowest BCUT2D eigenvalue weighted by Crippen LogP contribution is -2.29. The Hall–Kier alpha value is -3.55. The second kappa shape index (κ2) is 7.99. The van der Waals surface area contributed by atoms with Crippen molar-refractivity contribution in [2.45, 2.75) is 6.92 Å². The van der Waals surface area contributed by atoms with E-state index in [1.807, 2.05) is 18.2 Å². The van der Waals surface area contributed by atoms with Crippen molar-refractivity contribution in [3.05, 3.63) is 58.5 Å². The fourth-order valence-electron chi connectivity index (χ4n) is 3.15. The summed E-state index contributed by atoms with van der Waals surface area (Å²) in [4.78, 5) is 30.2. The molecule has 0 radical (unpaired) electrons. The summed E-state index contributed by atoms with van der Waals surface area (Å²) in [6.07, 6.45) is 3.09. The van der Waals surface area contributed by atoms with Gasteiger partial charge in [0.25, 0.3) is 0 Å². The molecule has 2 aromatic heterocycles. The Morgan fingerprint density at radius 3 is 2.79 bits per heavy atom. The van der Waals surface area contributed by atoms with E-state index in [4.69, 9.17) is 5.73 Å². The largest absolute Gasteiger partial charge is 0.477 e. The summed E-state index contributed by atoms with van der Waals surface area (Å²) in [5.74, 6) is -0.348. The van der Waals surface area contributed by atoms with Crippen LogP contribution in [0.25, 0.3) is 10.9 Å². The fraction of sp³-hybridized carbons (Fsp3) is 0.250. The number of carboxylic acids is 1. The van der Waals surface area contributed by atoms with E-state index in [2.05, 4.69) is 22.1 Å². The summed E-state index contributed by atoms with van der Waals surface area (Å²) in [6, 6.07) is 9.10. The Morgan fingerprint density at radius 2 is 2.14 bits per heavy atom. The number of fused-ring (bicyclic) bond motifs is 1. The van der Waals surface area contributed by atoms with E-state index < -0.39 is 11.4 Å². The molecule has 2 heterocycles. The maximum atomic E-state index is 12.4. The Morgan fingerprint density at radius 1 is 1.36 bits per heavy atom. The lowest BCUT2D eigenvalue weighted by Gasteiger charge is -2.22. The van der Waals surface area contributed by atoms with Gasteiger partial charge in [-0.1, -0.05) is 6.07 Å². The molecular formula is C20H23N5O3. The van der Waals surface area contributed by atoms with Crippen molar-refractivity contribution < 1.29 is 9.90 Å². The molecule has 3 aromatic rings. The zero-order chi connectivity index (χ0) is 20.3. The smallest absolute Gasteiger partial charge is 0.341 e. The lowest BCUT2D eigenvalue weighted by molar-refractivity contribution is 0.0695. The average Bonchev–Trinajstić information content (AvgIpc) is 2.69. The zero-order valence-electron chi connectivity index (χ0n) is 15.8. The van der Waals surface area contributed by atoms with Crippen molar-refractivity contribution in [3.63, 3.8) is 0 Å². The SMILES string of the molecule is CCN(CCNc1cc2c(cc1N)c(=O)c(C(=O)O)cn2C)c1ccccn1. The molecule has 0 atom stereocenters.